The SMILES string of the molecule is C.CC(=NCC(=O)CCCO)c1c(O)n(-c2cccc(C)c2)c2cc(C)ccc12.CC(=NCC(=O)Cc1c[nH]c2ccccc12)c1c(O)n(-c2cc(C)cc(C)c2)c2cc(C)ccc12.COCCC(=O)CN=C(C)c1c(O)n(-c2cc(C)cc(C)c2)c2cc(C)ccc12.COc1ccc2c(C(C)=NCC(=O)CCCO)c(O)n(-c3ccccc3)c2c1.Cc1cc(C)cc(-n2c(O)c(C=NCC(=O)C3CC3)c3ccc(C)cc32)c1. The molecule has 148 heavy (non-hydrogen) atoms. The third-order valence-electron chi connectivity index (χ3n) is 26.0. The second-order valence-electron chi connectivity index (χ2n) is 38.3. The van der Waals surface area contributed by atoms with Crippen LogP contribution in [-0.2, 0) is 35.1 Å². The minimum absolute atomic E-state index is 0. The van der Waals surface area contributed by atoms with Crippen LogP contribution in [0, 0.1) is 82.1 Å². The molecule has 17 aromatic rings. The summed E-state index contributed by atoms with van der Waals surface area (Å²) in [5, 5.41) is 79.0. The number of methoxy groups -OCH3 is 2. The number of aromatic hydroxyl groups is 5. The van der Waals surface area contributed by atoms with Crippen molar-refractivity contribution in [1.82, 2.24) is 27.8 Å². The normalized spacial score (nSPS) is 12.3. The number of aromatic nitrogens is 6. The van der Waals surface area contributed by atoms with E-state index in [0.717, 1.165) is 173 Å². The van der Waals surface area contributed by atoms with Crippen LogP contribution in [0.5, 0.6) is 35.1 Å². The zero-order valence-electron chi connectivity index (χ0n) is 86.9. The fourth-order valence-corrected chi connectivity index (χ4v) is 18.8. The van der Waals surface area contributed by atoms with Crippen molar-refractivity contribution in [3.8, 4) is 63.6 Å². The highest BCUT2D eigenvalue weighted by Crippen LogP contribution is 2.43. The van der Waals surface area contributed by atoms with Crippen LogP contribution in [0.4, 0.5) is 0 Å². The second-order valence-corrected chi connectivity index (χ2v) is 38.3. The van der Waals surface area contributed by atoms with Gasteiger partial charge in [0.1, 0.15) is 5.75 Å². The first-order valence-corrected chi connectivity index (χ1v) is 49.6. The average Bonchev–Trinajstić information content (AvgIpc) is 1.61. The maximum absolute atomic E-state index is 12.8. The van der Waals surface area contributed by atoms with Crippen molar-refractivity contribution in [1.29, 1.82) is 0 Å². The molecule has 0 amide bonds. The van der Waals surface area contributed by atoms with Crippen LogP contribution in [0.2, 0.25) is 0 Å². The number of para-hydroxylation sites is 2. The van der Waals surface area contributed by atoms with E-state index in [1.165, 1.54) is 0 Å². The molecule has 6 aromatic heterocycles. The zero-order chi connectivity index (χ0) is 105. The number of aromatic amines is 1. The molecule has 0 unspecified atom stereocenters. The number of aryl methyl sites for hydroxylation is 11. The molecular formula is C123H135N11O14. The van der Waals surface area contributed by atoms with E-state index in [2.05, 4.69) is 130 Å². The number of nitrogens with zero attached hydrogens (tertiary/aromatic N) is 10. The van der Waals surface area contributed by atoms with Gasteiger partial charge in [0.2, 0.25) is 29.4 Å². The van der Waals surface area contributed by atoms with Crippen molar-refractivity contribution < 1.29 is 69.2 Å². The van der Waals surface area contributed by atoms with Crippen LogP contribution in [-0.4, -0.2) is 188 Å². The molecule has 1 aliphatic carbocycles. The number of ether oxygens (including phenoxy) is 2. The van der Waals surface area contributed by atoms with Gasteiger partial charge in [0.15, 0.2) is 28.9 Å². The molecule has 0 bridgehead atoms. The zero-order valence-corrected chi connectivity index (χ0v) is 86.9. The van der Waals surface area contributed by atoms with Gasteiger partial charge in [0.25, 0.3) is 0 Å². The van der Waals surface area contributed by atoms with Crippen molar-refractivity contribution >= 4 is 123 Å². The van der Waals surface area contributed by atoms with E-state index in [4.69, 9.17) is 19.7 Å². The number of H-pyrrole nitrogens is 1. The first kappa shape index (κ1) is 109. The van der Waals surface area contributed by atoms with Gasteiger partial charge in [0, 0.05) is 160 Å². The largest absolute Gasteiger partial charge is 0.497 e. The van der Waals surface area contributed by atoms with Gasteiger partial charge in [-0.3, -0.25) is 71.8 Å². The molecule has 0 aliphatic heterocycles. The average molecular weight is 1990 g/mol. The lowest BCUT2D eigenvalue weighted by atomic mass is 10.1. The van der Waals surface area contributed by atoms with E-state index < -0.39 is 0 Å². The number of rotatable bonds is 33. The number of Topliss-reactive ketones (excluding diaryl/α,β-unsaturated/α-hetero) is 5. The van der Waals surface area contributed by atoms with Crippen LogP contribution in [0.25, 0.3) is 93.9 Å². The van der Waals surface area contributed by atoms with E-state index in [0.29, 0.717) is 102 Å². The molecular weight excluding hydrogens is 1860 g/mol. The van der Waals surface area contributed by atoms with Crippen LogP contribution in [0.1, 0.15) is 175 Å². The molecule has 1 aliphatic rings. The molecule has 18 rings (SSSR count). The van der Waals surface area contributed by atoms with Crippen LogP contribution in [0.3, 0.4) is 0 Å². The van der Waals surface area contributed by atoms with E-state index >= 15 is 0 Å². The predicted octanol–water partition coefficient (Wildman–Crippen LogP) is 23.9. The number of benzene rings is 11. The Balaban J connectivity index is 0.000000155. The molecule has 8 N–H and O–H groups in total. The molecule has 0 spiro atoms. The van der Waals surface area contributed by atoms with Crippen molar-refractivity contribution in [2.75, 3.05) is 66.8 Å². The summed E-state index contributed by atoms with van der Waals surface area (Å²) >= 11 is 0. The van der Waals surface area contributed by atoms with Crippen molar-refractivity contribution in [3.05, 3.63) is 325 Å². The Bertz CT molecular complexity index is 7880. The lowest BCUT2D eigenvalue weighted by molar-refractivity contribution is -0.119. The fourth-order valence-electron chi connectivity index (χ4n) is 18.8. The Labute approximate surface area is 864 Å². The smallest absolute Gasteiger partial charge is 0.206 e. The standard InChI is InChI=1S/C30H29N3O2.C24H28N2O3.C23H26N2O3.C23H24N2O2.C22H24N2O4.CH4/c1-18-9-10-26-28(14-18)33(23-12-19(2)11-20(3)13-23)30(35)29(26)21(4)31-17-24(34)15-22-16-32-27-8-6-5-7-25(22)27;1-15-6-7-21-22(13-15)26(19-11-16(2)10-17(3)12-19)24(28)23(21)18(4)25-14-20(27)8-9-29-5;1-15-6-4-7-18(12-15)25-21-13-16(2)9-10-20(21)22(23(25)28)17(3)24-14-19(27)8-5-11-26;1-14-4-7-19-20(12-24-13-22(26)17-5-6-17)23(27)25(21(19)11-14)18-9-15(2)8-16(3)10-18;1-15(23-14-17(26)9-6-12-25)21-19-11-10-18(28-2)13-20(19)24(22(21)27)16-7-4-3-5-8-16;/h5-14,16,32,35H,15,17H2,1-4H3;6-7,10-13,28H,8-9,14H2,1-5H3;4,6-7,9-10,12-13,26,28H,5,8,11,14H2,1-3H3;4,7-12,17,27H,5-6,13H2,1-3H3;3-5,7-8,10-11,13,25,27H,6,9,12,14H2,1-2H3;1H4. The number of aliphatic hydroxyl groups excluding tert-OH is 2. The van der Waals surface area contributed by atoms with Gasteiger partial charge in [-0.15, -0.1) is 0 Å². The summed E-state index contributed by atoms with van der Waals surface area (Å²) in [6.07, 6.45) is 7.66. The van der Waals surface area contributed by atoms with Crippen LogP contribution >= 0.6 is 0 Å². The summed E-state index contributed by atoms with van der Waals surface area (Å²) in [6, 6.07) is 74.1. The molecule has 1 fully saturated rings. The lowest BCUT2D eigenvalue weighted by Crippen LogP contribution is -2.08. The monoisotopic (exact) mass is 1990 g/mol. The summed E-state index contributed by atoms with van der Waals surface area (Å²) in [6.45, 7) is 30.5. The molecule has 0 radical (unpaired) electrons. The quantitative estimate of drug-likeness (QED) is 0.0177. The van der Waals surface area contributed by atoms with E-state index in [1.807, 2.05) is 245 Å². The minimum Gasteiger partial charge on any atom is -0.497 e. The number of nitrogens with one attached hydrogen (secondary N) is 1. The molecule has 25 nitrogen and oxygen atoms in total. The van der Waals surface area contributed by atoms with Gasteiger partial charge in [-0.2, -0.15) is 0 Å². The van der Waals surface area contributed by atoms with Gasteiger partial charge in [0.05, 0.1) is 102 Å². The van der Waals surface area contributed by atoms with Gasteiger partial charge >= 0.3 is 0 Å². The fraction of sp³-hybridized carbons (Fsp3) is 0.285. The number of hydrogen-bond donors (Lipinski definition) is 8. The summed E-state index contributed by atoms with van der Waals surface area (Å²) < 4.78 is 19.5. The summed E-state index contributed by atoms with van der Waals surface area (Å²) in [5.41, 5.74) is 29.0. The Morgan fingerprint density at radius 2 is 0.709 bits per heavy atom. The first-order valence-electron chi connectivity index (χ1n) is 49.6. The van der Waals surface area contributed by atoms with E-state index in [9.17, 15) is 49.5 Å². The number of aliphatic imine (C=N–C) groups is 5. The third kappa shape index (κ3) is 25.7. The number of hydrogen-bond acceptors (Lipinski definition) is 19. The summed E-state index contributed by atoms with van der Waals surface area (Å²) in [5.74, 6) is 1.69. The minimum atomic E-state index is -0.0404. The van der Waals surface area contributed by atoms with E-state index in [-0.39, 0.29) is 118 Å². The molecule has 11 aromatic carbocycles. The molecule has 0 saturated heterocycles. The molecule has 1 saturated carbocycles. The number of carbonyl (C=O) groups is 5. The second kappa shape index (κ2) is 49.3. The third-order valence-corrected chi connectivity index (χ3v) is 26.0. The molecule has 766 valence electrons. The Morgan fingerprint density at radius 3 is 1.12 bits per heavy atom. The number of aliphatic hydroxyl groups is 2. The van der Waals surface area contributed by atoms with Crippen molar-refractivity contribution in [2.45, 2.75) is 163 Å². The molecule has 25 heteroatoms. The summed E-state index contributed by atoms with van der Waals surface area (Å²) in [7, 11) is 3.17. The predicted molar refractivity (Wildman–Crippen MR) is 600 cm³/mol. The van der Waals surface area contributed by atoms with Crippen molar-refractivity contribution in [2.24, 2.45) is 30.9 Å². The number of fused-ring (bicyclic) bond motifs is 6. The molecule has 0 atom stereocenters. The van der Waals surface area contributed by atoms with Gasteiger partial charge in [-0.1, -0.05) is 123 Å². The van der Waals surface area contributed by atoms with Gasteiger partial charge in [-0.05, 0) is 299 Å². The van der Waals surface area contributed by atoms with Gasteiger partial charge in [-0.25, -0.2) is 0 Å². The maximum atomic E-state index is 12.8. The van der Waals surface area contributed by atoms with Gasteiger partial charge < -0.3 is 50.2 Å². The Kier molecular flexibility index (Phi) is 36.4. The highest BCUT2D eigenvalue weighted by Gasteiger charge is 2.31. The maximum Gasteiger partial charge on any atom is 0.206 e. The van der Waals surface area contributed by atoms with Crippen molar-refractivity contribution in [3.63, 3.8) is 0 Å². The summed E-state index contributed by atoms with van der Waals surface area (Å²) in [4.78, 5) is 85.9. The lowest BCUT2D eigenvalue weighted by Gasteiger charge is -2.10. The highest BCUT2D eigenvalue weighted by atomic mass is 16.5. The number of carbonyl (C=O) groups excluding carboxylic acids is 5. The van der Waals surface area contributed by atoms with Crippen LogP contribution < -0.4 is 4.74 Å². The topological polar surface area (TPSA) is 348 Å². The Morgan fingerprint density at radius 1 is 0.358 bits per heavy atom. The highest BCUT2D eigenvalue weighted by molar-refractivity contribution is 6.17. The van der Waals surface area contributed by atoms with Crippen LogP contribution in [0.15, 0.2) is 256 Å². The van der Waals surface area contributed by atoms with E-state index in [1.54, 1.807) is 31.9 Å². The number of ketones is 5. The Hall–Kier alpha value is -16.0. The first-order chi connectivity index (χ1) is 70.5. The molecule has 6 heterocycles.